The molecule has 0 amide bonds. The van der Waals surface area contributed by atoms with E-state index >= 15 is 0 Å². The van der Waals surface area contributed by atoms with E-state index < -0.39 is 7.81 Å². The van der Waals surface area contributed by atoms with Crippen molar-refractivity contribution in [1.82, 2.24) is 4.57 Å². The third-order valence-corrected chi connectivity index (χ3v) is 1.69. The molecular formula is C9H15F6N2P. The second-order valence-corrected chi connectivity index (χ2v) is 5.51. The Morgan fingerprint density at radius 1 is 1.22 bits per heavy atom. The first kappa shape index (κ1) is 17.0. The predicted octanol–water partition coefficient (Wildman–Crippen LogP) is 5.06. The standard InChI is InChI=1S/C9H15N2.F6P/c1-3-5-6-11-8-7-10(4-2)9-11;1-7(2,3,4,5)6/h4,7-9H,2-3,5-6H2,1H3;/q+1;-1. The van der Waals surface area contributed by atoms with Gasteiger partial charge in [-0.3, -0.25) is 0 Å². The maximum atomic E-state index is 9.87. The third kappa shape index (κ3) is 15.0. The Hall–Kier alpha value is -1.04. The fourth-order valence-electron chi connectivity index (χ4n) is 0.992. The van der Waals surface area contributed by atoms with Gasteiger partial charge in [0.25, 0.3) is 0 Å². The Morgan fingerprint density at radius 3 is 2.06 bits per heavy atom. The second-order valence-electron chi connectivity index (χ2n) is 3.59. The van der Waals surface area contributed by atoms with Crippen molar-refractivity contribution in [3.8, 4) is 0 Å². The van der Waals surface area contributed by atoms with Crippen LogP contribution in [0.25, 0.3) is 6.20 Å². The van der Waals surface area contributed by atoms with Crippen LogP contribution in [0.5, 0.6) is 0 Å². The number of hydrogen-bond acceptors (Lipinski definition) is 0. The van der Waals surface area contributed by atoms with Crippen molar-refractivity contribution in [2.45, 2.75) is 26.3 Å². The molecular weight excluding hydrogens is 281 g/mol. The average Bonchev–Trinajstić information content (AvgIpc) is 2.57. The van der Waals surface area contributed by atoms with Crippen LogP contribution in [0, 0.1) is 0 Å². The summed E-state index contributed by atoms with van der Waals surface area (Å²) in [5.74, 6) is 0. The molecule has 0 radical (unpaired) electrons. The summed E-state index contributed by atoms with van der Waals surface area (Å²) >= 11 is 0. The van der Waals surface area contributed by atoms with Gasteiger partial charge in [-0.1, -0.05) is 19.9 Å². The van der Waals surface area contributed by atoms with Gasteiger partial charge in [-0.05, 0) is 6.42 Å². The van der Waals surface area contributed by atoms with Crippen LogP contribution in [-0.2, 0) is 6.54 Å². The van der Waals surface area contributed by atoms with E-state index in [1.54, 1.807) is 6.20 Å². The van der Waals surface area contributed by atoms with Gasteiger partial charge in [-0.15, -0.1) is 0 Å². The van der Waals surface area contributed by atoms with Crippen LogP contribution in [0.3, 0.4) is 0 Å². The van der Waals surface area contributed by atoms with Crippen LogP contribution in [-0.4, -0.2) is 4.57 Å². The van der Waals surface area contributed by atoms with Crippen molar-refractivity contribution in [3.63, 3.8) is 0 Å². The molecule has 1 rings (SSSR count). The maximum absolute atomic E-state index is 10.7. The molecule has 1 aromatic heterocycles. The number of aryl methyl sites for hydroxylation is 1. The van der Waals surface area contributed by atoms with Crippen LogP contribution in [0.15, 0.2) is 25.3 Å². The van der Waals surface area contributed by atoms with Gasteiger partial charge < -0.3 is 0 Å². The van der Waals surface area contributed by atoms with Crippen LogP contribution < -0.4 is 4.57 Å². The van der Waals surface area contributed by atoms with E-state index in [1.807, 2.05) is 17.1 Å². The quantitative estimate of drug-likeness (QED) is 0.417. The third-order valence-electron chi connectivity index (χ3n) is 1.69. The molecule has 1 heterocycles. The molecule has 0 aromatic carbocycles. The van der Waals surface area contributed by atoms with Crippen molar-refractivity contribution in [2.24, 2.45) is 0 Å². The zero-order chi connectivity index (χ0) is 14.5. The number of unbranched alkanes of at least 4 members (excludes halogenated alkanes) is 1. The molecule has 108 valence electrons. The summed E-state index contributed by atoms with van der Waals surface area (Å²) in [7, 11) is -10.7. The Bertz CT molecular complexity index is 382. The second kappa shape index (κ2) is 4.91. The van der Waals surface area contributed by atoms with Gasteiger partial charge >= 0.3 is 33.0 Å². The first-order chi connectivity index (χ1) is 7.81. The minimum absolute atomic E-state index is 1.11. The molecule has 9 heteroatoms. The van der Waals surface area contributed by atoms with E-state index in [-0.39, 0.29) is 0 Å². The summed E-state index contributed by atoms with van der Waals surface area (Å²) in [5, 5.41) is 0. The first-order valence-electron chi connectivity index (χ1n) is 5.07. The van der Waals surface area contributed by atoms with Gasteiger partial charge in [0.1, 0.15) is 12.4 Å². The molecule has 1 aromatic rings. The molecule has 2 nitrogen and oxygen atoms in total. The summed E-state index contributed by atoms with van der Waals surface area (Å²) in [4.78, 5) is 0. The molecule has 0 saturated heterocycles. The number of halogens is 6. The molecule has 0 aliphatic rings. The van der Waals surface area contributed by atoms with Crippen LogP contribution >= 0.6 is 7.81 Å². The van der Waals surface area contributed by atoms with Gasteiger partial charge in [-0.25, -0.2) is 9.13 Å². The fourth-order valence-corrected chi connectivity index (χ4v) is 0.992. The minimum atomic E-state index is -10.7. The molecule has 0 fully saturated rings. The van der Waals surface area contributed by atoms with Gasteiger partial charge in [0.05, 0.1) is 12.7 Å². The van der Waals surface area contributed by atoms with Crippen molar-refractivity contribution >= 4 is 14.0 Å². The van der Waals surface area contributed by atoms with Crippen LogP contribution in [0.1, 0.15) is 19.8 Å². The Balaban J connectivity index is 0.000000360. The van der Waals surface area contributed by atoms with Gasteiger partial charge in [0.15, 0.2) is 0 Å². The van der Waals surface area contributed by atoms with E-state index in [0.717, 1.165) is 6.54 Å². The fraction of sp³-hybridized carbons (Fsp3) is 0.444. The Labute approximate surface area is 101 Å². The van der Waals surface area contributed by atoms with Crippen molar-refractivity contribution < 1.29 is 29.7 Å². The molecule has 0 spiro atoms. The molecule has 0 aliphatic heterocycles. The van der Waals surface area contributed by atoms with Gasteiger partial charge in [0, 0.05) is 0 Å². The predicted molar refractivity (Wildman–Crippen MR) is 59.5 cm³/mol. The summed E-state index contributed by atoms with van der Waals surface area (Å²) in [6, 6.07) is 0. The Morgan fingerprint density at radius 2 is 1.72 bits per heavy atom. The number of imidazole rings is 1. The van der Waals surface area contributed by atoms with Crippen LogP contribution in [0.4, 0.5) is 25.2 Å². The van der Waals surface area contributed by atoms with Gasteiger partial charge in [0.2, 0.25) is 6.33 Å². The molecule has 0 saturated carbocycles. The molecule has 0 atom stereocenters. The number of rotatable bonds is 4. The van der Waals surface area contributed by atoms with E-state index in [0.29, 0.717) is 0 Å². The van der Waals surface area contributed by atoms with E-state index in [1.165, 1.54) is 12.8 Å². The number of nitrogens with zero attached hydrogens (tertiary/aromatic N) is 2. The van der Waals surface area contributed by atoms with Crippen molar-refractivity contribution in [1.29, 1.82) is 0 Å². The average molecular weight is 296 g/mol. The molecule has 0 bridgehead atoms. The normalized spacial score (nSPS) is 15.1. The van der Waals surface area contributed by atoms with E-state index in [9.17, 15) is 25.2 Å². The topological polar surface area (TPSA) is 8.81 Å². The Kier molecular flexibility index (Phi) is 4.63. The van der Waals surface area contributed by atoms with Crippen LogP contribution in [0.2, 0.25) is 0 Å². The van der Waals surface area contributed by atoms with Gasteiger partial charge in [-0.2, -0.15) is 0 Å². The summed E-state index contributed by atoms with van der Waals surface area (Å²) < 4.78 is 63.3. The molecule has 18 heavy (non-hydrogen) atoms. The first-order valence-corrected chi connectivity index (χ1v) is 7.10. The molecule has 0 aliphatic carbocycles. The SMILES string of the molecule is C=Cn1cc[n+](CCCC)c1.F[P-](F)(F)(F)(F)F. The van der Waals surface area contributed by atoms with Crippen molar-refractivity contribution in [3.05, 3.63) is 25.3 Å². The van der Waals surface area contributed by atoms with Crippen molar-refractivity contribution in [2.75, 3.05) is 0 Å². The zero-order valence-corrected chi connectivity index (χ0v) is 10.6. The summed E-state index contributed by atoms with van der Waals surface area (Å²) in [6.07, 6.45) is 10.4. The number of hydrogen-bond donors (Lipinski definition) is 0. The number of aromatic nitrogens is 2. The summed E-state index contributed by atoms with van der Waals surface area (Å²) in [5.41, 5.74) is 0. The van der Waals surface area contributed by atoms with E-state index in [2.05, 4.69) is 24.3 Å². The molecule has 0 unspecified atom stereocenters. The molecule has 0 N–H and O–H groups in total. The monoisotopic (exact) mass is 296 g/mol. The summed E-state index contributed by atoms with van der Waals surface area (Å²) in [6.45, 7) is 6.98. The van der Waals surface area contributed by atoms with E-state index in [4.69, 9.17) is 0 Å². The zero-order valence-electron chi connectivity index (χ0n) is 9.75.